The zero-order chi connectivity index (χ0) is 16.4. The van der Waals surface area contributed by atoms with Crippen LogP contribution in [0.1, 0.15) is 10.4 Å². The van der Waals surface area contributed by atoms with Crippen molar-refractivity contribution in [1.82, 2.24) is 0 Å². The van der Waals surface area contributed by atoms with Crippen molar-refractivity contribution in [2.45, 2.75) is 0 Å². The maximum Gasteiger partial charge on any atom is 0.336 e. The Kier molecular flexibility index (Phi) is 3.58. The van der Waals surface area contributed by atoms with E-state index in [1.807, 2.05) is 42.5 Å². The number of hydrogen-bond acceptors (Lipinski definition) is 3. The van der Waals surface area contributed by atoms with Crippen LogP contribution >= 0.6 is 0 Å². The molecule has 0 radical (unpaired) electrons. The summed E-state index contributed by atoms with van der Waals surface area (Å²) >= 11 is 0. The van der Waals surface area contributed by atoms with Gasteiger partial charge < -0.3 is 10.8 Å². The molecule has 112 valence electrons. The van der Waals surface area contributed by atoms with E-state index >= 15 is 0 Å². The number of aromatic carboxylic acids is 1. The molecule has 6 nitrogen and oxygen atoms in total. The van der Waals surface area contributed by atoms with Gasteiger partial charge in [-0.25, -0.2) is 4.79 Å². The third kappa shape index (κ3) is 2.54. The number of hydrogen-bond donors (Lipinski definition) is 2. The fourth-order valence-corrected chi connectivity index (χ4v) is 2.67. The summed E-state index contributed by atoms with van der Waals surface area (Å²) in [5.41, 5.74) is 16.2. The highest BCUT2D eigenvalue weighted by Gasteiger charge is 2.18. The molecule has 0 fully saturated rings. The van der Waals surface area contributed by atoms with Gasteiger partial charge in [0.15, 0.2) is 0 Å². The lowest BCUT2D eigenvalue weighted by Gasteiger charge is -2.13. The Morgan fingerprint density at radius 2 is 1.87 bits per heavy atom. The molecule has 0 atom stereocenters. The highest BCUT2D eigenvalue weighted by atomic mass is 16.4. The lowest BCUT2D eigenvalue weighted by Crippen LogP contribution is -2.03. The Morgan fingerprint density at radius 1 is 1.13 bits per heavy atom. The Morgan fingerprint density at radius 3 is 2.61 bits per heavy atom. The predicted molar refractivity (Wildman–Crippen MR) is 89.6 cm³/mol. The number of anilines is 1. The van der Waals surface area contributed by atoms with Crippen molar-refractivity contribution in [1.29, 1.82) is 0 Å². The summed E-state index contributed by atoms with van der Waals surface area (Å²) in [6, 6.07) is 16.1. The smallest absolute Gasteiger partial charge is 0.336 e. The van der Waals surface area contributed by atoms with Crippen molar-refractivity contribution in [3.05, 3.63) is 70.6 Å². The Bertz CT molecular complexity index is 970. The minimum atomic E-state index is -1.13. The average Bonchev–Trinajstić information content (AvgIpc) is 2.54. The number of carboxylic acid groups (broad SMARTS) is 1. The van der Waals surface area contributed by atoms with Crippen LogP contribution in [0.25, 0.3) is 32.3 Å². The zero-order valence-electron chi connectivity index (χ0n) is 12.0. The second kappa shape index (κ2) is 5.71. The van der Waals surface area contributed by atoms with Gasteiger partial charge in [0.25, 0.3) is 0 Å². The van der Waals surface area contributed by atoms with Gasteiger partial charge in [0.1, 0.15) is 0 Å². The van der Waals surface area contributed by atoms with Crippen LogP contribution in [-0.4, -0.2) is 11.1 Å². The van der Waals surface area contributed by atoms with Crippen LogP contribution in [0.15, 0.2) is 59.7 Å². The molecule has 0 aromatic heterocycles. The first kappa shape index (κ1) is 14.4. The first-order valence-electron chi connectivity index (χ1n) is 6.82. The van der Waals surface area contributed by atoms with Crippen LogP contribution in [0.4, 0.5) is 11.4 Å². The van der Waals surface area contributed by atoms with E-state index in [-0.39, 0.29) is 16.9 Å². The van der Waals surface area contributed by atoms with E-state index in [1.165, 1.54) is 12.1 Å². The lowest BCUT2D eigenvalue weighted by atomic mass is 9.93. The topological polar surface area (TPSA) is 112 Å². The molecule has 0 saturated carbocycles. The van der Waals surface area contributed by atoms with Gasteiger partial charge in [-0.3, -0.25) is 0 Å². The monoisotopic (exact) mass is 304 g/mol. The summed E-state index contributed by atoms with van der Waals surface area (Å²) in [6.45, 7) is 0. The van der Waals surface area contributed by atoms with Crippen molar-refractivity contribution >= 4 is 28.1 Å². The number of nitrogens with two attached hydrogens (primary N) is 1. The first-order chi connectivity index (χ1) is 11.1. The van der Waals surface area contributed by atoms with Crippen molar-refractivity contribution in [2.75, 3.05) is 5.73 Å². The molecular formula is C17H12N4O2. The van der Waals surface area contributed by atoms with Gasteiger partial charge in [0.05, 0.1) is 5.56 Å². The molecule has 0 heterocycles. The van der Waals surface area contributed by atoms with Crippen LogP contribution in [-0.2, 0) is 0 Å². The Labute approximate surface area is 131 Å². The van der Waals surface area contributed by atoms with Crippen LogP contribution in [0.5, 0.6) is 0 Å². The number of fused-ring (bicyclic) bond motifs is 1. The summed E-state index contributed by atoms with van der Waals surface area (Å²) < 4.78 is 0. The van der Waals surface area contributed by atoms with Crippen LogP contribution < -0.4 is 5.73 Å². The number of azide groups is 1. The summed E-state index contributed by atoms with van der Waals surface area (Å²) in [4.78, 5) is 14.3. The van der Waals surface area contributed by atoms with Crippen LogP contribution in [0, 0.1) is 0 Å². The number of carboxylic acids is 1. The molecule has 3 N–H and O–H groups in total. The average molecular weight is 304 g/mol. The molecule has 0 aliphatic heterocycles. The normalized spacial score (nSPS) is 10.3. The van der Waals surface area contributed by atoms with E-state index in [1.54, 1.807) is 0 Å². The summed E-state index contributed by atoms with van der Waals surface area (Å²) in [5, 5.41) is 14.9. The standard InChI is InChI=1S/C17H12N4O2/c18-15-9-11(20-21-19)8-14(17(22)23)16(15)13-7-3-5-10-4-1-2-6-12(10)13/h1-9H,18H2,(H,22,23). The van der Waals surface area contributed by atoms with E-state index in [4.69, 9.17) is 11.3 Å². The number of rotatable bonds is 3. The SMILES string of the molecule is [N-]=[N+]=Nc1cc(N)c(-c2cccc3ccccc23)c(C(=O)O)c1. The number of nitrogens with zero attached hydrogens (tertiary/aromatic N) is 3. The minimum absolute atomic E-state index is 0.00348. The molecular weight excluding hydrogens is 292 g/mol. The minimum Gasteiger partial charge on any atom is -0.478 e. The highest BCUT2D eigenvalue weighted by Crippen LogP contribution is 2.37. The maximum atomic E-state index is 11.6. The molecule has 3 aromatic carbocycles. The molecule has 23 heavy (non-hydrogen) atoms. The third-order valence-corrected chi connectivity index (χ3v) is 3.60. The molecule has 0 bridgehead atoms. The van der Waals surface area contributed by atoms with Crippen molar-refractivity contribution < 1.29 is 9.90 Å². The summed E-state index contributed by atoms with van der Waals surface area (Å²) in [6.07, 6.45) is 0. The molecule has 0 unspecified atom stereocenters. The van der Waals surface area contributed by atoms with Gasteiger partial charge in [-0.15, -0.1) is 0 Å². The molecule has 0 saturated heterocycles. The van der Waals surface area contributed by atoms with Gasteiger partial charge in [-0.2, -0.15) is 0 Å². The molecule has 0 amide bonds. The van der Waals surface area contributed by atoms with Gasteiger partial charge >= 0.3 is 5.97 Å². The Balaban J connectivity index is 2.38. The fraction of sp³-hybridized carbons (Fsp3) is 0. The Hall–Kier alpha value is -3.50. The second-order valence-electron chi connectivity index (χ2n) is 4.98. The van der Waals surface area contributed by atoms with E-state index < -0.39 is 5.97 Å². The van der Waals surface area contributed by atoms with E-state index in [0.29, 0.717) is 5.56 Å². The van der Waals surface area contributed by atoms with Gasteiger partial charge in [-0.1, -0.05) is 47.6 Å². The number of carbonyl (C=O) groups is 1. The van der Waals surface area contributed by atoms with Gasteiger partial charge in [0, 0.05) is 21.8 Å². The fourth-order valence-electron chi connectivity index (χ4n) is 2.67. The predicted octanol–water partition coefficient (Wildman–Crippen LogP) is 4.73. The van der Waals surface area contributed by atoms with Gasteiger partial charge in [0.2, 0.25) is 0 Å². The lowest BCUT2D eigenvalue weighted by molar-refractivity contribution is 0.0698. The second-order valence-corrected chi connectivity index (χ2v) is 4.98. The van der Waals surface area contributed by atoms with E-state index in [9.17, 15) is 9.90 Å². The molecule has 0 aliphatic rings. The first-order valence-corrected chi connectivity index (χ1v) is 6.82. The summed E-state index contributed by atoms with van der Waals surface area (Å²) in [5.74, 6) is -1.13. The number of benzene rings is 3. The van der Waals surface area contributed by atoms with E-state index in [2.05, 4.69) is 10.0 Å². The molecule has 3 aromatic rings. The molecule has 3 rings (SSSR count). The van der Waals surface area contributed by atoms with Crippen LogP contribution in [0.2, 0.25) is 0 Å². The van der Waals surface area contributed by atoms with Crippen molar-refractivity contribution in [3.8, 4) is 11.1 Å². The molecule has 6 heteroatoms. The molecule has 0 spiro atoms. The van der Waals surface area contributed by atoms with Gasteiger partial charge in [-0.05, 0) is 34.0 Å². The maximum absolute atomic E-state index is 11.6. The number of nitrogen functional groups attached to an aromatic ring is 1. The highest BCUT2D eigenvalue weighted by molar-refractivity contribution is 6.07. The quantitative estimate of drug-likeness (QED) is 0.315. The van der Waals surface area contributed by atoms with Crippen molar-refractivity contribution in [3.63, 3.8) is 0 Å². The third-order valence-electron chi connectivity index (χ3n) is 3.60. The summed E-state index contributed by atoms with van der Waals surface area (Å²) in [7, 11) is 0. The van der Waals surface area contributed by atoms with Crippen LogP contribution in [0.3, 0.4) is 0 Å². The van der Waals surface area contributed by atoms with E-state index in [0.717, 1.165) is 16.3 Å². The largest absolute Gasteiger partial charge is 0.478 e. The molecule has 0 aliphatic carbocycles. The van der Waals surface area contributed by atoms with Crippen molar-refractivity contribution in [2.24, 2.45) is 5.11 Å². The zero-order valence-corrected chi connectivity index (χ0v) is 12.0.